The number of hydrogen-bond donors (Lipinski definition) is 1. The van der Waals surface area contributed by atoms with E-state index in [4.69, 9.17) is 0 Å². The largest absolute Gasteiger partial charge is 0.361 e. The van der Waals surface area contributed by atoms with Crippen LogP contribution in [0.15, 0.2) is 42.9 Å². The molecular formula is C24H29N5O. The Kier molecular flexibility index (Phi) is 4.93. The highest BCUT2D eigenvalue weighted by Gasteiger charge is 2.44. The topological polar surface area (TPSA) is 65.1 Å². The zero-order valence-electron chi connectivity index (χ0n) is 17.6. The van der Waals surface area contributed by atoms with Crippen molar-refractivity contribution in [3.63, 3.8) is 0 Å². The molecule has 1 spiro atoms. The number of aromatic nitrogens is 3. The average Bonchev–Trinajstić information content (AvgIpc) is 3.04. The van der Waals surface area contributed by atoms with Gasteiger partial charge in [0.15, 0.2) is 0 Å². The lowest BCUT2D eigenvalue weighted by Gasteiger charge is -2.41. The molecule has 0 radical (unpaired) electrons. The fourth-order valence-electron chi connectivity index (χ4n) is 5.26. The minimum absolute atomic E-state index is 0.226. The van der Waals surface area contributed by atoms with Crippen LogP contribution in [-0.4, -0.2) is 45.4 Å². The summed E-state index contributed by atoms with van der Waals surface area (Å²) in [4.78, 5) is 30.4. The smallest absolute Gasteiger partial charge is 0.229 e. The second-order valence-corrected chi connectivity index (χ2v) is 8.83. The molecule has 30 heavy (non-hydrogen) atoms. The molecule has 0 aliphatic carbocycles. The van der Waals surface area contributed by atoms with Crippen LogP contribution in [0.1, 0.15) is 43.4 Å². The van der Waals surface area contributed by atoms with Crippen LogP contribution >= 0.6 is 0 Å². The second kappa shape index (κ2) is 7.74. The van der Waals surface area contributed by atoms with Gasteiger partial charge in [0.2, 0.25) is 5.91 Å². The van der Waals surface area contributed by atoms with E-state index < -0.39 is 0 Å². The Labute approximate surface area is 177 Å². The standard InChI is InChI=1S/C24H29N5O/c1-18-14-25-16-22(27-18)28-11-4-8-24(10-13-28)9-5-12-29(23(24)30)17-19-15-26-21-7-3-2-6-20(19)21/h2-3,6-7,14-16,26H,4-5,8-13,17H2,1H3. The summed E-state index contributed by atoms with van der Waals surface area (Å²) in [6.45, 7) is 5.33. The Bertz CT molecular complexity index is 1060. The normalized spacial score (nSPS) is 22.6. The number of fused-ring (bicyclic) bond motifs is 1. The van der Waals surface area contributed by atoms with Gasteiger partial charge in [-0.1, -0.05) is 18.2 Å². The van der Waals surface area contributed by atoms with Crippen molar-refractivity contribution in [2.45, 2.75) is 45.6 Å². The lowest BCUT2D eigenvalue weighted by molar-refractivity contribution is -0.148. The summed E-state index contributed by atoms with van der Waals surface area (Å²) >= 11 is 0. The highest BCUT2D eigenvalue weighted by Crippen LogP contribution is 2.42. The fourth-order valence-corrected chi connectivity index (χ4v) is 5.26. The molecule has 2 saturated heterocycles. The molecule has 2 fully saturated rings. The summed E-state index contributed by atoms with van der Waals surface area (Å²) in [6.07, 6.45) is 10.7. The van der Waals surface area contributed by atoms with Crippen molar-refractivity contribution in [3.8, 4) is 0 Å². The molecule has 2 aromatic heterocycles. The zero-order valence-corrected chi connectivity index (χ0v) is 17.6. The first-order chi connectivity index (χ1) is 14.6. The maximum atomic E-state index is 13.7. The first-order valence-corrected chi connectivity index (χ1v) is 11.0. The van der Waals surface area contributed by atoms with Crippen molar-refractivity contribution in [3.05, 3.63) is 54.1 Å². The third kappa shape index (κ3) is 3.44. The van der Waals surface area contributed by atoms with E-state index in [0.717, 1.165) is 68.8 Å². The van der Waals surface area contributed by atoms with Gasteiger partial charge in [0.25, 0.3) is 0 Å². The average molecular weight is 404 g/mol. The van der Waals surface area contributed by atoms with Gasteiger partial charge >= 0.3 is 0 Å². The maximum Gasteiger partial charge on any atom is 0.229 e. The number of aryl methyl sites for hydroxylation is 1. The number of amides is 1. The lowest BCUT2D eigenvalue weighted by atomic mass is 9.73. The molecule has 2 aliphatic rings. The number of carbonyl (C=O) groups excluding carboxylic acids is 1. The third-order valence-electron chi connectivity index (χ3n) is 6.87. The minimum Gasteiger partial charge on any atom is -0.361 e. The number of carbonyl (C=O) groups is 1. The predicted molar refractivity (Wildman–Crippen MR) is 118 cm³/mol. The number of nitrogens with zero attached hydrogens (tertiary/aromatic N) is 4. The molecule has 1 amide bonds. The number of nitrogens with one attached hydrogen (secondary N) is 1. The van der Waals surface area contributed by atoms with Gasteiger partial charge in [-0.2, -0.15) is 0 Å². The first kappa shape index (κ1) is 19.1. The predicted octanol–water partition coefficient (Wildman–Crippen LogP) is 4.07. The molecule has 1 aromatic carbocycles. The summed E-state index contributed by atoms with van der Waals surface area (Å²) in [5.74, 6) is 1.28. The molecular weight excluding hydrogens is 374 g/mol. The van der Waals surface area contributed by atoms with Crippen molar-refractivity contribution in [2.75, 3.05) is 24.5 Å². The Balaban J connectivity index is 1.33. The van der Waals surface area contributed by atoms with Crippen LogP contribution < -0.4 is 4.90 Å². The van der Waals surface area contributed by atoms with E-state index in [-0.39, 0.29) is 5.41 Å². The Morgan fingerprint density at radius 3 is 2.77 bits per heavy atom. The lowest BCUT2D eigenvalue weighted by Crippen LogP contribution is -2.48. The highest BCUT2D eigenvalue weighted by molar-refractivity contribution is 5.86. The summed E-state index contributed by atoms with van der Waals surface area (Å²) < 4.78 is 0. The molecule has 0 bridgehead atoms. The van der Waals surface area contributed by atoms with Crippen LogP contribution in [-0.2, 0) is 11.3 Å². The van der Waals surface area contributed by atoms with E-state index in [1.165, 1.54) is 10.9 Å². The van der Waals surface area contributed by atoms with E-state index in [9.17, 15) is 4.79 Å². The number of aromatic amines is 1. The van der Waals surface area contributed by atoms with Crippen molar-refractivity contribution < 1.29 is 4.79 Å². The van der Waals surface area contributed by atoms with Gasteiger partial charge in [0.1, 0.15) is 5.82 Å². The fraction of sp³-hybridized carbons (Fsp3) is 0.458. The van der Waals surface area contributed by atoms with Gasteiger partial charge in [-0.25, -0.2) is 4.98 Å². The van der Waals surface area contributed by atoms with Gasteiger partial charge in [0.05, 0.1) is 17.3 Å². The Hall–Kier alpha value is -2.89. The summed E-state index contributed by atoms with van der Waals surface area (Å²) in [6, 6.07) is 8.33. The summed E-state index contributed by atoms with van der Waals surface area (Å²) in [5.41, 5.74) is 3.05. The van der Waals surface area contributed by atoms with Crippen LogP contribution in [0.5, 0.6) is 0 Å². The van der Waals surface area contributed by atoms with Crippen LogP contribution in [0.2, 0.25) is 0 Å². The number of hydrogen-bond acceptors (Lipinski definition) is 4. The molecule has 4 heterocycles. The highest BCUT2D eigenvalue weighted by atomic mass is 16.2. The van der Waals surface area contributed by atoms with Crippen molar-refractivity contribution in [2.24, 2.45) is 5.41 Å². The minimum atomic E-state index is -0.226. The van der Waals surface area contributed by atoms with E-state index >= 15 is 0 Å². The molecule has 0 saturated carbocycles. The summed E-state index contributed by atoms with van der Waals surface area (Å²) in [7, 11) is 0. The van der Waals surface area contributed by atoms with Gasteiger partial charge in [-0.05, 0) is 50.7 Å². The van der Waals surface area contributed by atoms with Gasteiger partial charge in [-0.3, -0.25) is 9.78 Å². The van der Waals surface area contributed by atoms with E-state index in [0.29, 0.717) is 12.5 Å². The summed E-state index contributed by atoms with van der Waals surface area (Å²) in [5, 5.41) is 1.22. The molecule has 1 N–H and O–H groups in total. The number of piperidine rings is 1. The number of rotatable bonds is 3. The SMILES string of the molecule is Cc1cncc(N2CCCC3(CCCN(Cc4c[nH]c5ccccc45)C3=O)CC2)n1. The van der Waals surface area contributed by atoms with Crippen LogP contribution in [0.3, 0.4) is 0 Å². The van der Waals surface area contributed by atoms with Crippen LogP contribution in [0.4, 0.5) is 5.82 Å². The maximum absolute atomic E-state index is 13.7. The van der Waals surface area contributed by atoms with Gasteiger partial charge < -0.3 is 14.8 Å². The van der Waals surface area contributed by atoms with Gasteiger partial charge in [0, 0.05) is 49.5 Å². The van der Waals surface area contributed by atoms with E-state index in [1.807, 2.05) is 19.2 Å². The monoisotopic (exact) mass is 403 g/mol. The third-order valence-corrected chi connectivity index (χ3v) is 6.87. The quantitative estimate of drug-likeness (QED) is 0.716. The molecule has 2 aliphatic heterocycles. The second-order valence-electron chi connectivity index (χ2n) is 8.83. The van der Waals surface area contributed by atoms with E-state index in [2.05, 4.69) is 49.1 Å². The molecule has 6 nitrogen and oxygen atoms in total. The van der Waals surface area contributed by atoms with Gasteiger partial charge in [-0.15, -0.1) is 0 Å². The molecule has 1 unspecified atom stereocenters. The molecule has 1 atom stereocenters. The molecule has 5 rings (SSSR count). The zero-order chi connectivity index (χ0) is 20.6. The van der Waals surface area contributed by atoms with Crippen LogP contribution in [0, 0.1) is 12.3 Å². The van der Waals surface area contributed by atoms with Crippen molar-refractivity contribution in [1.82, 2.24) is 19.9 Å². The van der Waals surface area contributed by atoms with E-state index in [1.54, 1.807) is 6.20 Å². The number of anilines is 1. The Morgan fingerprint density at radius 2 is 1.90 bits per heavy atom. The molecule has 6 heteroatoms. The number of H-pyrrole nitrogens is 1. The number of likely N-dealkylation sites (tertiary alicyclic amines) is 1. The number of benzene rings is 1. The molecule has 3 aromatic rings. The van der Waals surface area contributed by atoms with Crippen LogP contribution in [0.25, 0.3) is 10.9 Å². The van der Waals surface area contributed by atoms with Crippen molar-refractivity contribution in [1.29, 1.82) is 0 Å². The molecule has 156 valence electrons. The van der Waals surface area contributed by atoms with Crippen molar-refractivity contribution >= 4 is 22.6 Å². The first-order valence-electron chi connectivity index (χ1n) is 11.0. The Morgan fingerprint density at radius 1 is 1.07 bits per heavy atom. The number of para-hydroxylation sites is 1.